The third-order valence-corrected chi connectivity index (χ3v) is 5.23. The lowest BCUT2D eigenvalue weighted by Crippen LogP contribution is -2.37. The molecule has 0 radical (unpaired) electrons. The largest absolute Gasteiger partial charge is 0.444 e. The van der Waals surface area contributed by atoms with E-state index in [2.05, 4.69) is 29.8 Å². The van der Waals surface area contributed by atoms with Crippen LogP contribution in [0.4, 0.5) is 4.79 Å². The number of hydrogen-bond donors (Lipinski definition) is 0. The zero-order valence-electron chi connectivity index (χ0n) is 14.5. The first-order valence-electron chi connectivity index (χ1n) is 8.41. The number of alkyl halides is 1. The van der Waals surface area contributed by atoms with Crippen molar-refractivity contribution >= 4 is 22.0 Å². The Morgan fingerprint density at radius 2 is 1.68 bits per heavy atom. The average molecular weight is 376 g/mol. The summed E-state index contributed by atoms with van der Waals surface area (Å²) in [7, 11) is 0. The minimum atomic E-state index is -0.452. The summed E-state index contributed by atoms with van der Waals surface area (Å²) in [5, 5.41) is 0. The Bertz CT molecular complexity index is 386. The van der Waals surface area contributed by atoms with Gasteiger partial charge in [-0.3, -0.25) is 0 Å². The molecule has 1 aliphatic heterocycles. The van der Waals surface area contributed by atoms with E-state index in [4.69, 9.17) is 9.47 Å². The number of nitrogens with zero attached hydrogens (tertiary/aromatic N) is 1. The van der Waals surface area contributed by atoms with Crippen LogP contribution in [0.25, 0.3) is 0 Å². The van der Waals surface area contributed by atoms with Crippen LogP contribution in [0, 0.1) is 11.8 Å². The Balaban J connectivity index is 1.87. The van der Waals surface area contributed by atoms with Crippen molar-refractivity contribution < 1.29 is 14.3 Å². The Morgan fingerprint density at radius 1 is 1.09 bits per heavy atom. The molecule has 128 valence electrons. The zero-order chi connectivity index (χ0) is 16.5. The van der Waals surface area contributed by atoms with Gasteiger partial charge in [0.05, 0.1) is 23.6 Å². The minimum absolute atomic E-state index is 0.0648. The lowest BCUT2D eigenvalue weighted by Gasteiger charge is -2.33. The lowest BCUT2D eigenvalue weighted by molar-refractivity contribution is -0.0428. The van der Waals surface area contributed by atoms with Gasteiger partial charge in [-0.1, -0.05) is 29.8 Å². The van der Waals surface area contributed by atoms with Crippen molar-refractivity contribution in [3.8, 4) is 0 Å². The fourth-order valence-corrected chi connectivity index (χ4v) is 4.21. The summed E-state index contributed by atoms with van der Waals surface area (Å²) in [6.07, 6.45) is 3.71. The van der Waals surface area contributed by atoms with E-state index in [0.717, 1.165) is 24.7 Å². The van der Waals surface area contributed by atoms with Crippen molar-refractivity contribution in [2.45, 2.75) is 76.5 Å². The molecule has 0 bridgehead atoms. The molecule has 2 rings (SSSR count). The second kappa shape index (κ2) is 7.08. The third-order valence-electron chi connectivity index (χ3n) is 4.35. The van der Waals surface area contributed by atoms with Crippen molar-refractivity contribution in [2.75, 3.05) is 13.1 Å². The van der Waals surface area contributed by atoms with Gasteiger partial charge in [-0.15, -0.1) is 0 Å². The van der Waals surface area contributed by atoms with Gasteiger partial charge >= 0.3 is 6.09 Å². The highest BCUT2D eigenvalue weighted by Gasteiger charge is 2.38. The zero-order valence-corrected chi connectivity index (χ0v) is 16.1. The Kier molecular flexibility index (Phi) is 5.81. The molecule has 2 aliphatic rings. The molecule has 0 N–H and O–H groups in total. The van der Waals surface area contributed by atoms with Gasteiger partial charge in [-0.2, -0.15) is 0 Å². The molecule has 0 aromatic carbocycles. The molecule has 0 aromatic rings. The highest BCUT2D eigenvalue weighted by Crippen LogP contribution is 2.33. The number of ether oxygens (including phenoxy) is 2. The average Bonchev–Trinajstić information content (AvgIpc) is 2.67. The SMILES string of the molecule is CC1CC(C)CC(OC2CN(C(=O)OC(C)(C)C)CC2Br)C1. The molecule has 1 heterocycles. The number of carbonyl (C=O) groups is 1. The summed E-state index contributed by atoms with van der Waals surface area (Å²) in [6, 6.07) is 0. The number of rotatable bonds is 2. The summed E-state index contributed by atoms with van der Waals surface area (Å²) in [5.74, 6) is 1.46. The van der Waals surface area contributed by atoms with E-state index in [9.17, 15) is 4.79 Å². The summed E-state index contributed by atoms with van der Waals surface area (Å²) >= 11 is 3.68. The van der Waals surface area contributed by atoms with Crippen LogP contribution < -0.4 is 0 Å². The molecule has 2 fully saturated rings. The van der Waals surface area contributed by atoms with E-state index in [1.807, 2.05) is 20.8 Å². The van der Waals surface area contributed by atoms with Gasteiger partial charge in [0.15, 0.2) is 0 Å². The first-order chi connectivity index (χ1) is 10.1. The number of likely N-dealkylation sites (tertiary alicyclic amines) is 1. The van der Waals surface area contributed by atoms with Crippen molar-refractivity contribution in [2.24, 2.45) is 11.8 Å². The predicted molar refractivity (Wildman–Crippen MR) is 91.4 cm³/mol. The second-order valence-corrected chi connectivity index (χ2v) is 9.29. The Labute approximate surface area is 143 Å². The minimum Gasteiger partial charge on any atom is -0.444 e. The number of carbonyl (C=O) groups excluding carboxylic acids is 1. The van der Waals surface area contributed by atoms with Crippen LogP contribution in [0.1, 0.15) is 53.9 Å². The molecule has 1 amide bonds. The maximum absolute atomic E-state index is 12.2. The van der Waals surface area contributed by atoms with Gasteiger partial charge in [0.2, 0.25) is 0 Å². The van der Waals surface area contributed by atoms with E-state index in [1.165, 1.54) is 6.42 Å². The van der Waals surface area contributed by atoms with Crippen LogP contribution in [0.5, 0.6) is 0 Å². The first kappa shape index (κ1) is 18.1. The Hall–Kier alpha value is -0.290. The van der Waals surface area contributed by atoms with Gasteiger partial charge < -0.3 is 14.4 Å². The lowest BCUT2D eigenvalue weighted by atomic mass is 9.82. The molecule has 22 heavy (non-hydrogen) atoms. The monoisotopic (exact) mass is 375 g/mol. The summed E-state index contributed by atoms with van der Waals surface area (Å²) in [4.78, 5) is 14.1. The van der Waals surface area contributed by atoms with Crippen LogP contribution >= 0.6 is 15.9 Å². The molecule has 4 atom stereocenters. The van der Waals surface area contributed by atoms with Crippen LogP contribution in [-0.2, 0) is 9.47 Å². The molecule has 1 saturated carbocycles. The van der Waals surface area contributed by atoms with Gasteiger partial charge in [0.1, 0.15) is 5.60 Å². The van der Waals surface area contributed by atoms with Crippen molar-refractivity contribution in [1.82, 2.24) is 4.90 Å². The molecule has 1 aliphatic carbocycles. The molecular weight excluding hydrogens is 346 g/mol. The van der Waals surface area contributed by atoms with Crippen LogP contribution in [0.3, 0.4) is 0 Å². The fourth-order valence-electron chi connectivity index (χ4n) is 3.57. The highest BCUT2D eigenvalue weighted by atomic mass is 79.9. The first-order valence-corrected chi connectivity index (χ1v) is 9.33. The second-order valence-electron chi connectivity index (χ2n) is 8.12. The molecule has 5 heteroatoms. The van der Waals surface area contributed by atoms with E-state index in [0.29, 0.717) is 19.2 Å². The number of amides is 1. The topological polar surface area (TPSA) is 38.8 Å². The summed E-state index contributed by atoms with van der Waals surface area (Å²) < 4.78 is 11.8. The molecule has 1 saturated heterocycles. The fraction of sp³-hybridized carbons (Fsp3) is 0.941. The quantitative estimate of drug-likeness (QED) is 0.678. The smallest absolute Gasteiger partial charge is 0.410 e. The van der Waals surface area contributed by atoms with E-state index in [1.54, 1.807) is 4.90 Å². The molecule has 4 unspecified atom stereocenters. The summed E-state index contributed by atoms with van der Waals surface area (Å²) in [5.41, 5.74) is -0.452. The van der Waals surface area contributed by atoms with E-state index in [-0.39, 0.29) is 17.0 Å². The van der Waals surface area contributed by atoms with Crippen LogP contribution in [0.15, 0.2) is 0 Å². The molecule has 0 spiro atoms. The molecule has 4 nitrogen and oxygen atoms in total. The third kappa shape index (κ3) is 5.12. The highest BCUT2D eigenvalue weighted by molar-refractivity contribution is 9.09. The summed E-state index contributed by atoms with van der Waals surface area (Å²) in [6.45, 7) is 11.6. The van der Waals surface area contributed by atoms with Gasteiger partial charge in [-0.05, 0) is 51.9 Å². The van der Waals surface area contributed by atoms with Crippen molar-refractivity contribution in [3.63, 3.8) is 0 Å². The number of halogens is 1. The maximum atomic E-state index is 12.2. The Morgan fingerprint density at radius 3 is 2.23 bits per heavy atom. The standard InChI is InChI=1S/C17H30BrNO3/c1-11-6-12(2)8-13(7-11)21-15-10-19(9-14(15)18)16(20)22-17(3,4)5/h11-15H,6-10H2,1-5H3. The van der Waals surface area contributed by atoms with Crippen molar-refractivity contribution in [1.29, 1.82) is 0 Å². The number of hydrogen-bond acceptors (Lipinski definition) is 3. The normalized spacial score (nSPS) is 36.5. The van der Waals surface area contributed by atoms with E-state index >= 15 is 0 Å². The maximum Gasteiger partial charge on any atom is 0.410 e. The van der Waals surface area contributed by atoms with E-state index < -0.39 is 5.60 Å². The van der Waals surface area contributed by atoms with Gasteiger partial charge in [-0.25, -0.2) is 4.79 Å². The molecular formula is C17H30BrNO3. The van der Waals surface area contributed by atoms with Gasteiger partial charge in [0, 0.05) is 6.54 Å². The molecule has 0 aromatic heterocycles. The van der Waals surface area contributed by atoms with Gasteiger partial charge in [0.25, 0.3) is 0 Å². The predicted octanol–water partition coefficient (Wildman–Crippen LogP) is 4.21. The van der Waals surface area contributed by atoms with Crippen LogP contribution in [0.2, 0.25) is 0 Å². The van der Waals surface area contributed by atoms with Crippen molar-refractivity contribution in [3.05, 3.63) is 0 Å². The van der Waals surface area contributed by atoms with Crippen LogP contribution in [-0.4, -0.2) is 46.7 Å².